The Kier molecular flexibility index (Phi) is 4.11. The first-order chi connectivity index (χ1) is 12.6. The smallest absolute Gasteiger partial charge is 0.268 e. The number of amides is 1. The van der Waals surface area contributed by atoms with Crippen LogP contribution in [0.1, 0.15) is 22.2 Å². The Morgan fingerprint density at radius 3 is 2.73 bits per heavy atom. The van der Waals surface area contributed by atoms with Crippen molar-refractivity contribution in [3.8, 4) is 0 Å². The zero-order valence-corrected chi connectivity index (χ0v) is 14.6. The Hall–Kier alpha value is -3.23. The van der Waals surface area contributed by atoms with Crippen LogP contribution in [-0.4, -0.2) is 54.8 Å². The minimum atomic E-state index is -0.123. The number of rotatable bonds is 4. The second-order valence-electron chi connectivity index (χ2n) is 6.47. The fraction of sp³-hybridized carbons (Fsp3) is 0.353. The molecule has 1 amide bonds. The van der Waals surface area contributed by atoms with E-state index in [4.69, 9.17) is 0 Å². The molecule has 0 aliphatic carbocycles. The summed E-state index contributed by atoms with van der Waals surface area (Å²) in [4.78, 5) is 14.8. The molecule has 0 unspecified atom stereocenters. The number of nitrogens with one attached hydrogen (secondary N) is 1. The van der Waals surface area contributed by atoms with Crippen LogP contribution in [0.15, 0.2) is 42.9 Å². The standard InChI is InChI=1S/C17H20N8O/c1-12-5-6-16(21-20-12)24-10-13(15(11-24)25-9-7-18-22-25)19-17(26)14-4-3-8-23(14)2/h3-9,13,15H,10-11H2,1-2H3,(H,19,26)/t13-,15+/m1/s1. The van der Waals surface area contributed by atoms with Crippen molar-refractivity contribution >= 4 is 11.7 Å². The maximum absolute atomic E-state index is 12.7. The van der Waals surface area contributed by atoms with Gasteiger partial charge < -0.3 is 14.8 Å². The molecule has 134 valence electrons. The lowest BCUT2D eigenvalue weighted by Gasteiger charge is -2.19. The molecule has 9 nitrogen and oxygen atoms in total. The summed E-state index contributed by atoms with van der Waals surface area (Å²) in [5.41, 5.74) is 1.49. The zero-order valence-electron chi connectivity index (χ0n) is 14.6. The number of carbonyl (C=O) groups is 1. The second-order valence-corrected chi connectivity index (χ2v) is 6.47. The van der Waals surface area contributed by atoms with Crippen LogP contribution in [0.5, 0.6) is 0 Å². The van der Waals surface area contributed by atoms with Crippen LogP contribution in [-0.2, 0) is 7.05 Å². The van der Waals surface area contributed by atoms with E-state index < -0.39 is 0 Å². The highest BCUT2D eigenvalue weighted by atomic mass is 16.2. The number of nitrogens with zero attached hydrogens (tertiary/aromatic N) is 7. The van der Waals surface area contributed by atoms with Gasteiger partial charge >= 0.3 is 0 Å². The van der Waals surface area contributed by atoms with Gasteiger partial charge in [0, 0.05) is 32.5 Å². The highest BCUT2D eigenvalue weighted by molar-refractivity contribution is 5.93. The first kappa shape index (κ1) is 16.2. The number of aryl methyl sites for hydroxylation is 2. The lowest BCUT2D eigenvalue weighted by atomic mass is 10.1. The van der Waals surface area contributed by atoms with Gasteiger partial charge in [0.05, 0.1) is 24.0 Å². The SMILES string of the molecule is Cc1ccc(N2C[C@@H](NC(=O)c3cccn3C)[C@@H](n3ccnn3)C2)nn1. The third-order valence-corrected chi connectivity index (χ3v) is 4.67. The molecular formula is C17H20N8O. The highest BCUT2D eigenvalue weighted by Gasteiger charge is 2.36. The van der Waals surface area contributed by atoms with E-state index in [0.717, 1.165) is 11.5 Å². The van der Waals surface area contributed by atoms with E-state index in [1.54, 1.807) is 21.5 Å². The van der Waals surface area contributed by atoms with Crippen LogP contribution in [0.2, 0.25) is 0 Å². The maximum Gasteiger partial charge on any atom is 0.268 e. The summed E-state index contributed by atoms with van der Waals surface area (Å²) >= 11 is 0. The van der Waals surface area contributed by atoms with Crippen molar-refractivity contribution in [1.82, 2.24) is 35.1 Å². The van der Waals surface area contributed by atoms with Crippen molar-refractivity contribution in [3.05, 3.63) is 54.2 Å². The lowest BCUT2D eigenvalue weighted by molar-refractivity contribution is 0.0923. The second kappa shape index (κ2) is 6.58. The quantitative estimate of drug-likeness (QED) is 0.738. The van der Waals surface area contributed by atoms with Crippen molar-refractivity contribution in [2.24, 2.45) is 7.05 Å². The van der Waals surface area contributed by atoms with Gasteiger partial charge in [-0.2, -0.15) is 5.10 Å². The Morgan fingerprint density at radius 2 is 2.08 bits per heavy atom. The van der Waals surface area contributed by atoms with Crippen LogP contribution in [0, 0.1) is 6.92 Å². The number of carbonyl (C=O) groups excluding carboxylic acids is 1. The molecule has 9 heteroatoms. The van der Waals surface area contributed by atoms with Gasteiger partial charge in [-0.15, -0.1) is 10.2 Å². The maximum atomic E-state index is 12.7. The van der Waals surface area contributed by atoms with E-state index in [1.807, 2.05) is 44.6 Å². The molecule has 26 heavy (non-hydrogen) atoms. The first-order valence-electron chi connectivity index (χ1n) is 8.45. The van der Waals surface area contributed by atoms with Crippen LogP contribution in [0.25, 0.3) is 0 Å². The third kappa shape index (κ3) is 3.03. The number of hydrogen-bond donors (Lipinski definition) is 1. The third-order valence-electron chi connectivity index (χ3n) is 4.67. The molecule has 0 bridgehead atoms. The van der Waals surface area contributed by atoms with Gasteiger partial charge in [-0.25, -0.2) is 4.68 Å². The number of hydrogen-bond acceptors (Lipinski definition) is 6. The summed E-state index contributed by atoms with van der Waals surface area (Å²) in [5.74, 6) is 0.681. The molecule has 0 spiro atoms. The van der Waals surface area contributed by atoms with Crippen molar-refractivity contribution < 1.29 is 4.79 Å². The molecule has 3 aromatic rings. The van der Waals surface area contributed by atoms with E-state index in [0.29, 0.717) is 18.8 Å². The number of anilines is 1. The van der Waals surface area contributed by atoms with Gasteiger partial charge in [0.2, 0.25) is 0 Å². The van der Waals surface area contributed by atoms with Crippen molar-refractivity contribution in [1.29, 1.82) is 0 Å². The summed E-state index contributed by atoms with van der Waals surface area (Å²) < 4.78 is 3.59. The normalized spacial score (nSPS) is 19.7. The first-order valence-corrected chi connectivity index (χ1v) is 8.45. The number of aromatic nitrogens is 6. The van der Waals surface area contributed by atoms with E-state index in [9.17, 15) is 4.79 Å². The molecule has 1 N–H and O–H groups in total. The van der Waals surface area contributed by atoms with E-state index in [-0.39, 0.29) is 18.0 Å². The Bertz CT molecular complexity index is 886. The van der Waals surface area contributed by atoms with Gasteiger partial charge in [-0.05, 0) is 31.2 Å². The summed E-state index contributed by atoms with van der Waals surface area (Å²) in [6, 6.07) is 7.38. The summed E-state index contributed by atoms with van der Waals surface area (Å²) in [5, 5.41) is 19.6. The fourth-order valence-electron chi connectivity index (χ4n) is 3.28. The average molecular weight is 352 g/mol. The molecule has 0 aromatic carbocycles. The van der Waals surface area contributed by atoms with Crippen LogP contribution in [0.3, 0.4) is 0 Å². The molecule has 1 saturated heterocycles. The van der Waals surface area contributed by atoms with Crippen molar-refractivity contribution in [3.63, 3.8) is 0 Å². The van der Waals surface area contributed by atoms with Crippen molar-refractivity contribution in [2.75, 3.05) is 18.0 Å². The minimum absolute atomic E-state index is 0.0372. The van der Waals surface area contributed by atoms with Crippen LogP contribution in [0.4, 0.5) is 5.82 Å². The summed E-state index contributed by atoms with van der Waals surface area (Å²) in [6.45, 7) is 3.19. The summed E-state index contributed by atoms with van der Waals surface area (Å²) in [6.07, 6.45) is 5.31. The van der Waals surface area contributed by atoms with Crippen LogP contribution >= 0.6 is 0 Å². The Labute approximate surface area is 150 Å². The molecule has 4 rings (SSSR count). The predicted molar refractivity (Wildman–Crippen MR) is 94.7 cm³/mol. The Balaban J connectivity index is 1.57. The van der Waals surface area contributed by atoms with E-state index in [2.05, 4.69) is 30.7 Å². The lowest BCUT2D eigenvalue weighted by Crippen LogP contribution is -2.42. The molecule has 0 saturated carbocycles. The fourth-order valence-corrected chi connectivity index (χ4v) is 3.28. The highest BCUT2D eigenvalue weighted by Crippen LogP contribution is 2.25. The molecule has 4 heterocycles. The topological polar surface area (TPSA) is 93.8 Å². The predicted octanol–water partition coefficient (Wildman–Crippen LogP) is 0.575. The molecule has 0 radical (unpaired) electrons. The van der Waals surface area contributed by atoms with Gasteiger partial charge in [0.25, 0.3) is 5.91 Å². The average Bonchev–Trinajstić information content (AvgIpc) is 3.35. The molecule has 2 atom stereocenters. The largest absolute Gasteiger partial charge is 0.351 e. The summed E-state index contributed by atoms with van der Waals surface area (Å²) in [7, 11) is 1.85. The molecule has 1 aliphatic rings. The molecular weight excluding hydrogens is 332 g/mol. The van der Waals surface area contributed by atoms with Gasteiger partial charge in [0.1, 0.15) is 5.69 Å². The molecule has 1 aliphatic heterocycles. The zero-order chi connectivity index (χ0) is 18.1. The molecule has 3 aromatic heterocycles. The van der Waals surface area contributed by atoms with E-state index in [1.165, 1.54) is 0 Å². The van der Waals surface area contributed by atoms with Crippen LogP contribution < -0.4 is 10.2 Å². The van der Waals surface area contributed by atoms with Gasteiger partial charge in [-0.3, -0.25) is 4.79 Å². The minimum Gasteiger partial charge on any atom is -0.351 e. The van der Waals surface area contributed by atoms with E-state index >= 15 is 0 Å². The van der Waals surface area contributed by atoms with Crippen molar-refractivity contribution in [2.45, 2.75) is 19.0 Å². The monoisotopic (exact) mass is 352 g/mol. The van der Waals surface area contributed by atoms with Gasteiger partial charge in [0.15, 0.2) is 5.82 Å². The molecule has 1 fully saturated rings. The van der Waals surface area contributed by atoms with Gasteiger partial charge in [-0.1, -0.05) is 5.21 Å². The Morgan fingerprint density at radius 1 is 1.19 bits per heavy atom.